The third kappa shape index (κ3) is 2.11. The summed E-state index contributed by atoms with van der Waals surface area (Å²) in [6.45, 7) is 2.11. The van der Waals surface area contributed by atoms with Gasteiger partial charge in [0.2, 0.25) is 0 Å². The van der Waals surface area contributed by atoms with Gasteiger partial charge in [-0.1, -0.05) is 12.1 Å². The summed E-state index contributed by atoms with van der Waals surface area (Å²) < 4.78 is 0. The fourth-order valence-corrected chi connectivity index (χ4v) is 2.08. The first-order valence-electron chi connectivity index (χ1n) is 5.51. The zero-order chi connectivity index (χ0) is 12.6. The largest absolute Gasteiger partial charge is 0.398 e. The zero-order valence-electron chi connectivity index (χ0n) is 9.63. The Morgan fingerprint density at radius 2 is 1.94 bits per heavy atom. The Kier molecular flexibility index (Phi) is 3.04. The second kappa shape index (κ2) is 4.35. The van der Waals surface area contributed by atoms with Crippen LogP contribution in [0.25, 0.3) is 0 Å². The lowest BCUT2D eigenvalue weighted by Gasteiger charge is -2.18. The molecule has 0 radical (unpaired) electrons. The average Bonchev–Trinajstić information content (AvgIpc) is 2.59. The number of aliphatic hydroxyl groups excluding tert-OH is 2. The minimum Gasteiger partial charge on any atom is -0.398 e. The Morgan fingerprint density at radius 3 is 2.47 bits per heavy atom. The first-order valence-corrected chi connectivity index (χ1v) is 5.51. The van der Waals surface area contributed by atoms with E-state index in [2.05, 4.69) is 0 Å². The molecule has 17 heavy (non-hydrogen) atoms. The molecule has 1 heterocycles. The van der Waals surface area contributed by atoms with Gasteiger partial charge in [0.1, 0.15) is 0 Å². The number of β-amino-alcohol motifs (C(OH)–C–C–N with tert-alkyl or cyclic N) is 2. The molecule has 1 fully saturated rings. The number of nitrogens with zero attached hydrogens (tertiary/aromatic N) is 1. The molecule has 0 bridgehead atoms. The van der Waals surface area contributed by atoms with Crippen LogP contribution in [0, 0.1) is 6.92 Å². The highest BCUT2D eigenvalue weighted by molar-refractivity contribution is 6.00. The van der Waals surface area contributed by atoms with Crippen LogP contribution in [-0.2, 0) is 0 Å². The number of likely N-dealkylation sites (tertiary alicyclic amines) is 1. The van der Waals surface area contributed by atoms with Crippen molar-refractivity contribution in [3.05, 3.63) is 29.3 Å². The number of anilines is 1. The summed E-state index contributed by atoms with van der Waals surface area (Å²) in [5, 5.41) is 18.9. The maximum atomic E-state index is 12.2. The van der Waals surface area contributed by atoms with E-state index in [-0.39, 0.29) is 19.0 Å². The quantitative estimate of drug-likeness (QED) is 0.587. The summed E-state index contributed by atoms with van der Waals surface area (Å²) in [6, 6.07) is 5.27. The Labute approximate surface area is 99.5 Å². The van der Waals surface area contributed by atoms with Gasteiger partial charge < -0.3 is 20.8 Å². The van der Waals surface area contributed by atoms with Crippen molar-refractivity contribution in [2.24, 2.45) is 0 Å². The van der Waals surface area contributed by atoms with Crippen LogP contribution >= 0.6 is 0 Å². The van der Waals surface area contributed by atoms with Crippen molar-refractivity contribution < 1.29 is 15.0 Å². The van der Waals surface area contributed by atoms with Gasteiger partial charge in [-0.15, -0.1) is 0 Å². The Bertz CT molecular complexity index is 417. The van der Waals surface area contributed by atoms with Gasteiger partial charge in [-0.2, -0.15) is 0 Å². The minimum absolute atomic E-state index is 0.147. The van der Waals surface area contributed by atoms with Gasteiger partial charge in [-0.3, -0.25) is 4.79 Å². The molecule has 1 aromatic carbocycles. The van der Waals surface area contributed by atoms with Gasteiger partial charge >= 0.3 is 0 Å². The van der Waals surface area contributed by atoms with Gasteiger partial charge in [0, 0.05) is 18.8 Å². The number of rotatable bonds is 1. The molecule has 1 aliphatic rings. The highest BCUT2D eigenvalue weighted by Crippen LogP contribution is 2.21. The van der Waals surface area contributed by atoms with Crippen molar-refractivity contribution in [1.82, 2.24) is 4.90 Å². The standard InChI is InChI=1S/C12H16N2O3/c1-7-3-2-4-8(13)11(7)12(17)14-5-9(15)10(16)6-14/h2-4,9-10,15-16H,5-6,13H2,1H3. The van der Waals surface area contributed by atoms with Crippen molar-refractivity contribution in [1.29, 1.82) is 0 Å². The molecule has 1 saturated heterocycles. The number of benzene rings is 1. The van der Waals surface area contributed by atoms with Crippen LogP contribution in [0.2, 0.25) is 0 Å². The van der Waals surface area contributed by atoms with Crippen molar-refractivity contribution in [3.63, 3.8) is 0 Å². The molecule has 0 aliphatic carbocycles. The first kappa shape index (κ1) is 11.9. The second-order valence-corrected chi connectivity index (χ2v) is 4.38. The SMILES string of the molecule is Cc1cccc(N)c1C(=O)N1CC(O)C(O)C1. The van der Waals surface area contributed by atoms with E-state index in [1.54, 1.807) is 12.1 Å². The topological polar surface area (TPSA) is 86.8 Å². The number of aryl methyl sites for hydroxylation is 1. The number of carbonyl (C=O) groups is 1. The van der Waals surface area contributed by atoms with Crippen molar-refractivity contribution >= 4 is 11.6 Å². The number of hydrogen-bond donors (Lipinski definition) is 3. The molecular formula is C12H16N2O3. The highest BCUT2D eigenvalue weighted by atomic mass is 16.3. The number of nitrogen functional groups attached to an aromatic ring is 1. The molecule has 0 saturated carbocycles. The number of aliphatic hydroxyl groups is 2. The van der Waals surface area contributed by atoms with Crippen LogP contribution in [0.4, 0.5) is 5.69 Å². The molecule has 1 aliphatic heterocycles. The Hall–Kier alpha value is -1.59. The molecule has 1 aromatic rings. The second-order valence-electron chi connectivity index (χ2n) is 4.38. The third-order valence-electron chi connectivity index (χ3n) is 3.07. The smallest absolute Gasteiger partial charge is 0.256 e. The van der Waals surface area contributed by atoms with Crippen LogP contribution in [0.1, 0.15) is 15.9 Å². The van der Waals surface area contributed by atoms with Crippen LogP contribution in [0.15, 0.2) is 18.2 Å². The van der Waals surface area contributed by atoms with Crippen molar-refractivity contribution in [3.8, 4) is 0 Å². The number of amides is 1. The third-order valence-corrected chi connectivity index (χ3v) is 3.07. The lowest BCUT2D eigenvalue weighted by molar-refractivity contribution is 0.0572. The van der Waals surface area contributed by atoms with Crippen LogP contribution in [0.3, 0.4) is 0 Å². The fourth-order valence-electron chi connectivity index (χ4n) is 2.08. The van der Waals surface area contributed by atoms with E-state index in [4.69, 9.17) is 5.73 Å². The molecule has 1 amide bonds. The molecule has 5 nitrogen and oxygen atoms in total. The summed E-state index contributed by atoms with van der Waals surface area (Å²) in [5.41, 5.74) is 7.46. The molecule has 4 N–H and O–H groups in total. The maximum Gasteiger partial charge on any atom is 0.256 e. The monoisotopic (exact) mass is 236 g/mol. The van der Waals surface area contributed by atoms with Crippen molar-refractivity contribution in [2.45, 2.75) is 19.1 Å². The Balaban J connectivity index is 2.27. The van der Waals surface area contributed by atoms with E-state index in [1.165, 1.54) is 4.90 Å². The molecule has 5 heteroatoms. The van der Waals surface area contributed by atoms with Gasteiger partial charge in [0.15, 0.2) is 0 Å². The normalized spacial score (nSPS) is 24.1. The predicted molar refractivity (Wildman–Crippen MR) is 63.5 cm³/mol. The molecule has 0 spiro atoms. The zero-order valence-corrected chi connectivity index (χ0v) is 9.63. The molecular weight excluding hydrogens is 220 g/mol. The van der Waals surface area contributed by atoms with Gasteiger partial charge in [-0.05, 0) is 18.6 Å². The van der Waals surface area contributed by atoms with Crippen LogP contribution in [-0.4, -0.2) is 46.3 Å². The summed E-state index contributed by atoms with van der Waals surface area (Å²) in [4.78, 5) is 13.6. The van der Waals surface area contributed by atoms with E-state index in [1.807, 2.05) is 13.0 Å². The van der Waals surface area contributed by atoms with Gasteiger partial charge in [-0.25, -0.2) is 0 Å². The lowest BCUT2D eigenvalue weighted by Crippen LogP contribution is -2.31. The van der Waals surface area contributed by atoms with E-state index < -0.39 is 12.2 Å². The molecule has 2 rings (SSSR count). The molecule has 0 aromatic heterocycles. The fraction of sp³-hybridized carbons (Fsp3) is 0.417. The summed E-state index contributed by atoms with van der Waals surface area (Å²) in [5.74, 6) is -0.240. The number of nitrogens with two attached hydrogens (primary N) is 1. The van der Waals surface area contributed by atoms with Crippen LogP contribution in [0.5, 0.6) is 0 Å². The summed E-state index contributed by atoms with van der Waals surface area (Å²) in [7, 11) is 0. The summed E-state index contributed by atoms with van der Waals surface area (Å²) >= 11 is 0. The van der Waals surface area contributed by atoms with Gasteiger partial charge in [0.05, 0.1) is 17.8 Å². The highest BCUT2D eigenvalue weighted by Gasteiger charge is 2.33. The number of hydrogen-bond acceptors (Lipinski definition) is 4. The Morgan fingerprint density at radius 1 is 1.35 bits per heavy atom. The van der Waals surface area contributed by atoms with Crippen molar-refractivity contribution in [2.75, 3.05) is 18.8 Å². The van der Waals surface area contributed by atoms with Gasteiger partial charge in [0.25, 0.3) is 5.91 Å². The molecule has 2 atom stereocenters. The first-order chi connectivity index (χ1) is 8.00. The molecule has 92 valence electrons. The lowest BCUT2D eigenvalue weighted by atomic mass is 10.1. The average molecular weight is 236 g/mol. The van der Waals surface area contributed by atoms with E-state index >= 15 is 0 Å². The van der Waals surface area contributed by atoms with E-state index in [0.717, 1.165) is 5.56 Å². The number of carbonyl (C=O) groups excluding carboxylic acids is 1. The summed E-state index contributed by atoms with van der Waals surface area (Å²) in [6.07, 6.45) is -1.74. The molecule has 2 unspecified atom stereocenters. The maximum absolute atomic E-state index is 12.2. The van der Waals surface area contributed by atoms with Crippen LogP contribution < -0.4 is 5.73 Å². The van der Waals surface area contributed by atoms with E-state index in [9.17, 15) is 15.0 Å². The van der Waals surface area contributed by atoms with E-state index in [0.29, 0.717) is 11.3 Å². The minimum atomic E-state index is -0.871. The predicted octanol–water partition coefficient (Wildman–Crippen LogP) is -0.245.